The minimum atomic E-state index is -0.636. The number of nitrogens with two attached hydrogens (primary N) is 1. The Morgan fingerprint density at radius 2 is 1.63 bits per heavy atom. The topological polar surface area (TPSA) is 38.0 Å². The molecular weight excluding hydrogens is 382 g/mol. The van der Waals surface area contributed by atoms with Crippen molar-refractivity contribution in [3.63, 3.8) is 0 Å². The Balaban J connectivity index is 2.49. The third-order valence-corrected chi connectivity index (χ3v) is 3.84. The van der Waals surface area contributed by atoms with Crippen molar-refractivity contribution in [1.29, 1.82) is 0 Å². The molecule has 0 aliphatic carbocycles. The highest BCUT2D eigenvalue weighted by molar-refractivity contribution is 9.11. The summed E-state index contributed by atoms with van der Waals surface area (Å²) in [6, 6.07) is 8.32. The van der Waals surface area contributed by atoms with E-state index in [0.29, 0.717) is 5.56 Å². The summed E-state index contributed by atoms with van der Waals surface area (Å²) in [5.74, 6) is 4.25. The molecule has 0 aromatic heterocycles. The van der Waals surface area contributed by atoms with Gasteiger partial charge in [-0.1, -0.05) is 37.9 Å². The summed E-state index contributed by atoms with van der Waals surface area (Å²) in [5.41, 5.74) is 3.78. The van der Waals surface area contributed by atoms with Gasteiger partial charge in [0.15, 0.2) is 0 Å². The summed E-state index contributed by atoms with van der Waals surface area (Å²) in [5, 5.41) is 0. The average Bonchev–Trinajstić information content (AvgIpc) is 2.31. The van der Waals surface area contributed by atoms with Crippen molar-refractivity contribution < 1.29 is 8.78 Å². The first-order valence-electron chi connectivity index (χ1n) is 5.38. The van der Waals surface area contributed by atoms with Crippen LogP contribution in [0.5, 0.6) is 0 Å². The number of hydrogen-bond acceptors (Lipinski definition) is 2. The van der Waals surface area contributed by atoms with Gasteiger partial charge in [0, 0.05) is 15.0 Å². The van der Waals surface area contributed by atoms with E-state index in [1.165, 1.54) is 12.1 Å². The molecular formula is C13H10Br2F2N2. The maximum Gasteiger partial charge on any atom is 0.126 e. The number of rotatable bonds is 3. The number of hydrogen-bond donors (Lipinski definition) is 2. The predicted octanol–water partition coefficient (Wildman–Crippen LogP) is 4.04. The predicted molar refractivity (Wildman–Crippen MR) is 77.4 cm³/mol. The van der Waals surface area contributed by atoms with Gasteiger partial charge in [-0.25, -0.2) is 14.2 Å². The van der Waals surface area contributed by atoms with Crippen LogP contribution in [0.1, 0.15) is 17.2 Å². The lowest BCUT2D eigenvalue weighted by Gasteiger charge is -2.18. The average molecular weight is 392 g/mol. The summed E-state index contributed by atoms with van der Waals surface area (Å²) in [4.78, 5) is 0. The third-order valence-electron chi connectivity index (χ3n) is 2.66. The molecule has 100 valence electrons. The zero-order valence-corrected chi connectivity index (χ0v) is 12.8. The van der Waals surface area contributed by atoms with Crippen LogP contribution < -0.4 is 11.3 Å². The van der Waals surface area contributed by atoms with Crippen LogP contribution >= 0.6 is 31.9 Å². The molecule has 0 saturated carbocycles. The van der Waals surface area contributed by atoms with E-state index in [-0.39, 0.29) is 0 Å². The first-order valence-corrected chi connectivity index (χ1v) is 6.97. The minimum Gasteiger partial charge on any atom is -0.271 e. The molecule has 6 heteroatoms. The molecule has 19 heavy (non-hydrogen) atoms. The van der Waals surface area contributed by atoms with E-state index < -0.39 is 17.7 Å². The van der Waals surface area contributed by atoms with E-state index in [4.69, 9.17) is 5.84 Å². The molecule has 0 saturated heterocycles. The fourth-order valence-electron chi connectivity index (χ4n) is 1.84. The van der Waals surface area contributed by atoms with Gasteiger partial charge in [0.2, 0.25) is 0 Å². The van der Waals surface area contributed by atoms with Crippen LogP contribution in [0.2, 0.25) is 0 Å². The van der Waals surface area contributed by atoms with Gasteiger partial charge >= 0.3 is 0 Å². The van der Waals surface area contributed by atoms with Crippen molar-refractivity contribution in [2.45, 2.75) is 6.04 Å². The zero-order valence-electron chi connectivity index (χ0n) is 9.63. The molecule has 0 aliphatic heterocycles. The fourth-order valence-corrected chi connectivity index (χ4v) is 3.12. The number of halogens is 4. The van der Waals surface area contributed by atoms with Crippen LogP contribution in [0, 0.1) is 11.6 Å². The van der Waals surface area contributed by atoms with Crippen LogP contribution in [0.3, 0.4) is 0 Å². The molecule has 1 unspecified atom stereocenters. The fraction of sp³-hybridized carbons (Fsp3) is 0.0769. The molecule has 0 amide bonds. The van der Waals surface area contributed by atoms with Gasteiger partial charge < -0.3 is 0 Å². The third kappa shape index (κ3) is 3.39. The summed E-state index contributed by atoms with van der Waals surface area (Å²) >= 11 is 6.75. The number of nitrogens with one attached hydrogen (secondary N) is 1. The molecule has 2 nitrogen and oxygen atoms in total. The van der Waals surface area contributed by atoms with Gasteiger partial charge in [0.05, 0.1) is 6.04 Å². The SMILES string of the molecule is NNC(c1cc(F)cc(F)c1)c1ccc(Br)cc1Br. The van der Waals surface area contributed by atoms with Crippen molar-refractivity contribution >= 4 is 31.9 Å². The quantitative estimate of drug-likeness (QED) is 0.612. The molecule has 0 heterocycles. The molecule has 1 atom stereocenters. The molecule has 0 aliphatic rings. The molecule has 2 rings (SSSR count). The van der Waals surface area contributed by atoms with Gasteiger partial charge in [0.1, 0.15) is 11.6 Å². The van der Waals surface area contributed by atoms with Crippen molar-refractivity contribution in [1.82, 2.24) is 5.43 Å². The first-order chi connectivity index (χ1) is 9.01. The summed E-state index contributed by atoms with van der Waals surface area (Å²) < 4.78 is 28.2. The van der Waals surface area contributed by atoms with Gasteiger partial charge in [0.25, 0.3) is 0 Å². The maximum absolute atomic E-state index is 13.3. The second kappa shape index (κ2) is 6.09. The van der Waals surface area contributed by atoms with E-state index in [9.17, 15) is 8.78 Å². The lowest BCUT2D eigenvalue weighted by Crippen LogP contribution is -2.29. The highest BCUT2D eigenvalue weighted by atomic mass is 79.9. The van der Waals surface area contributed by atoms with E-state index in [1.54, 1.807) is 0 Å². The Labute approximate surface area is 126 Å². The maximum atomic E-state index is 13.3. The lowest BCUT2D eigenvalue weighted by atomic mass is 9.99. The number of benzene rings is 2. The van der Waals surface area contributed by atoms with Crippen molar-refractivity contribution in [2.24, 2.45) is 5.84 Å². The Kier molecular flexibility index (Phi) is 4.67. The van der Waals surface area contributed by atoms with Gasteiger partial charge in [-0.05, 0) is 35.4 Å². The molecule has 0 bridgehead atoms. The van der Waals surface area contributed by atoms with Gasteiger partial charge in [-0.15, -0.1) is 0 Å². The van der Waals surface area contributed by atoms with E-state index in [0.717, 1.165) is 20.6 Å². The Hall–Kier alpha value is -0.820. The molecule has 2 aromatic rings. The van der Waals surface area contributed by atoms with Crippen LogP contribution in [-0.2, 0) is 0 Å². The van der Waals surface area contributed by atoms with Crippen LogP contribution in [0.25, 0.3) is 0 Å². The normalized spacial score (nSPS) is 12.5. The highest BCUT2D eigenvalue weighted by Crippen LogP contribution is 2.31. The summed E-state index contributed by atoms with van der Waals surface area (Å²) in [6.45, 7) is 0. The lowest BCUT2D eigenvalue weighted by molar-refractivity contribution is 0.565. The largest absolute Gasteiger partial charge is 0.271 e. The smallest absolute Gasteiger partial charge is 0.126 e. The molecule has 0 radical (unpaired) electrons. The van der Waals surface area contributed by atoms with E-state index >= 15 is 0 Å². The summed E-state index contributed by atoms with van der Waals surface area (Å²) in [7, 11) is 0. The van der Waals surface area contributed by atoms with Gasteiger partial charge in [-0.2, -0.15) is 0 Å². The van der Waals surface area contributed by atoms with Crippen LogP contribution in [-0.4, -0.2) is 0 Å². The van der Waals surface area contributed by atoms with Crippen molar-refractivity contribution in [3.8, 4) is 0 Å². The van der Waals surface area contributed by atoms with Crippen LogP contribution in [0.15, 0.2) is 45.3 Å². The highest BCUT2D eigenvalue weighted by Gasteiger charge is 2.17. The first kappa shape index (κ1) is 14.6. The zero-order chi connectivity index (χ0) is 14.0. The standard InChI is InChI=1S/C13H10Br2F2N2/c14-8-1-2-11(12(15)5-8)13(19-18)7-3-9(16)6-10(17)4-7/h1-6,13,19H,18H2. The van der Waals surface area contributed by atoms with Crippen molar-refractivity contribution in [3.05, 3.63) is 68.1 Å². The van der Waals surface area contributed by atoms with Crippen molar-refractivity contribution in [2.75, 3.05) is 0 Å². The monoisotopic (exact) mass is 390 g/mol. The Morgan fingerprint density at radius 3 is 2.16 bits per heavy atom. The molecule has 0 spiro atoms. The molecule has 0 fully saturated rings. The minimum absolute atomic E-state index is 0.419. The molecule has 3 N–H and O–H groups in total. The number of hydrazine groups is 1. The van der Waals surface area contributed by atoms with Crippen LogP contribution in [0.4, 0.5) is 8.78 Å². The Bertz CT molecular complexity index is 585. The second-order valence-electron chi connectivity index (χ2n) is 3.97. The summed E-state index contributed by atoms with van der Waals surface area (Å²) in [6.07, 6.45) is 0. The van der Waals surface area contributed by atoms with Gasteiger partial charge in [-0.3, -0.25) is 5.84 Å². The molecule has 2 aromatic carbocycles. The second-order valence-corrected chi connectivity index (χ2v) is 5.74. The Morgan fingerprint density at radius 1 is 1.00 bits per heavy atom. The van der Waals surface area contributed by atoms with E-state index in [2.05, 4.69) is 37.3 Å². The van der Waals surface area contributed by atoms with E-state index in [1.807, 2.05) is 18.2 Å².